The summed E-state index contributed by atoms with van der Waals surface area (Å²) < 4.78 is 0. The van der Waals surface area contributed by atoms with Crippen molar-refractivity contribution in [2.24, 2.45) is 5.92 Å². The Morgan fingerprint density at radius 2 is 2.25 bits per heavy atom. The molecule has 6 heteroatoms. The third-order valence-electron chi connectivity index (χ3n) is 3.73. The summed E-state index contributed by atoms with van der Waals surface area (Å²) >= 11 is 0. The lowest BCUT2D eigenvalue weighted by Crippen LogP contribution is -2.53. The molecule has 0 spiro atoms. The molecule has 0 aliphatic carbocycles. The SMILES string of the molecule is Cc1ccncc1NC(=O)N1CCCC(C)C1C(=O)O. The van der Waals surface area contributed by atoms with Gasteiger partial charge in [-0.25, -0.2) is 9.59 Å². The van der Waals surface area contributed by atoms with Crippen molar-refractivity contribution >= 4 is 17.7 Å². The second-order valence-electron chi connectivity index (χ2n) is 5.22. The molecule has 20 heavy (non-hydrogen) atoms. The molecule has 1 fully saturated rings. The molecule has 2 rings (SSSR count). The number of hydrogen-bond donors (Lipinski definition) is 2. The van der Waals surface area contributed by atoms with Crippen LogP contribution in [0.15, 0.2) is 18.5 Å². The highest BCUT2D eigenvalue weighted by Gasteiger charge is 2.37. The van der Waals surface area contributed by atoms with Gasteiger partial charge in [-0.2, -0.15) is 0 Å². The first-order valence-electron chi connectivity index (χ1n) is 6.71. The molecule has 2 heterocycles. The van der Waals surface area contributed by atoms with E-state index in [4.69, 9.17) is 0 Å². The Morgan fingerprint density at radius 1 is 1.50 bits per heavy atom. The summed E-state index contributed by atoms with van der Waals surface area (Å²) in [5, 5.41) is 12.1. The smallest absolute Gasteiger partial charge is 0.326 e. The van der Waals surface area contributed by atoms with Crippen molar-refractivity contribution in [3.05, 3.63) is 24.0 Å². The maximum Gasteiger partial charge on any atom is 0.326 e. The molecule has 2 atom stereocenters. The van der Waals surface area contributed by atoms with Gasteiger partial charge in [0.25, 0.3) is 0 Å². The zero-order chi connectivity index (χ0) is 14.7. The summed E-state index contributed by atoms with van der Waals surface area (Å²) in [7, 11) is 0. The largest absolute Gasteiger partial charge is 0.480 e. The number of nitrogens with zero attached hydrogens (tertiary/aromatic N) is 2. The van der Waals surface area contributed by atoms with Crippen molar-refractivity contribution < 1.29 is 14.7 Å². The first-order chi connectivity index (χ1) is 9.50. The van der Waals surface area contributed by atoms with Crippen LogP contribution in [0.4, 0.5) is 10.5 Å². The summed E-state index contributed by atoms with van der Waals surface area (Å²) in [6.07, 6.45) is 4.86. The normalized spacial score (nSPS) is 22.4. The number of carboxylic acids is 1. The first kappa shape index (κ1) is 14.3. The van der Waals surface area contributed by atoms with Crippen molar-refractivity contribution in [2.75, 3.05) is 11.9 Å². The fraction of sp³-hybridized carbons (Fsp3) is 0.500. The minimum absolute atomic E-state index is 0.0398. The molecule has 2 N–H and O–H groups in total. The minimum Gasteiger partial charge on any atom is -0.480 e. The fourth-order valence-electron chi connectivity index (χ4n) is 2.57. The van der Waals surface area contributed by atoms with Crippen LogP contribution in [0.1, 0.15) is 25.3 Å². The monoisotopic (exact) mass is 277 g/mol. The van der Waals surface area contributed by atoms with E-state index in [0.717, 1.165) is 18.4 Å². The molecule has 0 bridgehead atoms. The zero-order valence-corrected chi connectivity index (χ0v) is 11.7. The maximum atomic E-state index is 12.3. The average Bonchev–Trinajstić information content (AvgIpc) is 2.40. The van der Waals surface area contributed by atoms with Gasteiger partial charge in [0.05, 0.1) is 11.9 Å². The Balaban J connectivity index is 2.15. The van der Waals surface area contributed by atoms with E-state index in [-0.39, 0.29) is 11.9 Å². The number of amides is 2. The molecular weight excluding hydrogens is 258 g/mol. The number of anilines is 1. The summed E-state index contributed by atoms with van der Waals surface area (Å²) in [4.78, 5) is 29.0. The number of carbonyl (C=O) groups is 2. The molecule has 108 valence electrons. The standard InChI is InChI=1S/C14H19N3O3/c1-9-5-6-15-8-11(9)16-14(20)17-7-3-4-10(2)12(17)13(18)19/h5-6,8,10,12H,3-4,7H2,1-2H3,(H,16,20)(H,18,19). The molecule has 0 radical (unpaired) electrons. The lowest BCUT2D eigenvalue weighted by molar-refractivity contribution is -0.145. The molecule has 1 aromatic heterocycles. The van der Waals surface area contributed by atoms with Gasteiger partial charge in [-0.1, -0.05) is 6.92 Å². The van der Waals surface area contributed by atoms with Gasteiger partial charge in [-0.05, 0) is 37.3 Å². The number of aliphatic carboxylic acids is 1. The fourth-order valence-corrected chi connectivity index (χ4v) is 2.57. The van der Waals surface area contributed by atoms with E-state index in [9.17, 15) is 14.7 Å². The van der Waals surface area contributed by atoms with Gasteiger partial charge >= 0.3 is 12.0 Å². The van der Waals surface area contributed by atoms with E-state index < -0.39 is 12.0 Å². The highest BCUT2D eigenvalue weighted by atomic mass is 16.4. The Kier molecular flexibility index (Phi) is 4.22. The van der Waals surface area contributed by atoms with Gasteiger partial charge in [0, 0.05) is 12.7 Å². The summed E-state index contributed by atoms with van der Waals surface area (Å²) in [6.45, 7) is 4.20. The number of piperidine rings is 1. The van der Waals surface area contributed by atoms with Gasteiger partial charge in [0.15, 0.2) is 0 Å². The van der Waals surface area contributed by atoms with E-state index in [2.05, 4.69) is 10.3 Å². The number of pyridine rings is 1. The van der Waals surface area contributed by atoms with Gasteiger partial charge in [0.1, 0.15) is 6.04 Å². The predicted molar refractivity (Wildman–Crippen MR) is 74.5 cm³/mol. The van der Waals surface area contributed by atoms with Crippen molar-refractivity contribution in [2.45, 2.75) is 32.7 Å². The molecule has 1 aliphatic rings. The highest BCUT2D eigenvalue weighted by molar-refractivity contribution is 5.93. The van der Waals surface area contributed by atoms with E-state index in [0.29, 0.717) is 12.2 Å². The average molecular weight is 277 g/mol. The van der Waals surface area contributed by atoms with Crippen LogP contribution in [0, 0.1) is 12.8 Å². The number of carboxylic acid groups (broad SMARTS) is 1. The van der Waals surface area contributed by atoms with Crippen molar-refractivity contribution in [1.82, 2.24) is 9.88 Å². The molecule has 0 aromatic carbocycles. The lowest BCUT2D eigenvalue weighted by Gasteiger charge is -2.37. The number of likely N-dealkylation sites (tertiary alicyclic amines) is 1. The molecule has 6 nitrogen and oxygen atoms in total. The third-order valence-corrected chi connectivity index (χ3v) is 3.73. The van der Waals surface area contributed by atoms with E-state index in [1.165, 1.54) is 4.90 Å². The Hall–Kier alpha value is -2.11. The molecular formula is C14H19N3O3. The van der Waals surface area contributed by atoms with Gasteiger partial charge in [0.2, 0.25) is 0 Å². The van der Waals surface area contributed by atoms with Crippen molar-refractivity contribution in [3.8, 4) is 0 Å². The number of urea groups is 1. The molecule has 2 unspecified atom stereocenters. The van der Waals surface area contributed by atoms with E-state index in [1.807, 2.05) is 13.8 Å². The van der Waals surface area contributed by atoms with Crippen LogP contribution in [0.2, 0.25) is 0 Å². The van der Waals surface area contributed by atoms with Crippen LogP contribution in [0.5, 0.6) is 0 Å². The second kappa shape index (κ2) is 5.90. The molecule has 1 saturated heterocycles. The van der Waals surface area contributed by atoms with Crippen molar-refractivity contribution in [1.29, 1.82) is 0 Å². The number of carbonyl (C=O) groups excluding carboxylic acids is 1. The van der Waals surface area contributed by atoms with Crippen LogP contribution >= 0.6 is 0 Å². The highest BCUT2D eigenvalue weighted by Crippen LogP contribution is 2.24. The number of rotatable bonds is 2. The quantitative estimate of drug-likeness (QED) is 0.867. The molecule has 0 saturated carbocycles. The summed E-state index contributed by atoms with van der Waals surface area (Å²) in [5.41, 5.74) is 1.50. The van der Waals surface area contributed by atoms with Crippen LogP contribution in [0.3, 0.4) is 0 Å². The van der Waals surface area contributed by atoms with Gasteiger partial charge < -0.3 is 15.3 Å². The van der Waals surface area contributed by atoms with Crippen LogP contribution < -0.4 is 5.32 Å². The Labute approximate surface area is 117 Å². The molecule has 2 amide bonds. The summed E-state index contributed by atoms with van der Waals surface area (Å²) in [5.74, 6) is -0.989. The van der Waals surface area contributed by atoms with Gasteiger partial charge in [-0.15, -0.1) is 0 Å². The molecule has 1 aromatic rings. The van der Waals surface area contributed by atoms with Gasteiger partial charge in [-0.3, -0.25) is 4.98 Å². The topological polar surface area (TPSA) is 82.5 Å². The van der Waals surface area contributed by atoms with Crippen LogP contribution in [0.25, 0.3) is 0 Å². The van der Waals surface area contributed by atoms with E-state index >= 15 is 0 Å². The minimum atomic E-state index is -0.949. The molecule has 1 aliphatic heterocycles. The second-order valence-corrected chi connectivity index (χ2v) is 5.22. The van der Waals surface area contributed by atoms with Crippen molar-refractivity contribution in [3.63, 3.8) is 0 Å². The number of aromatic nitrogens is 1. The third kappa shape index (κ3) is 2.89. The summed E-state index contributed by atoms with van der Waals surface area (Å²) in [6, 6.07) is 0.657. The van der Waals surface area contributed by atoms with Crippen LogP contribution in [-0.2, 0) is 4.79 Å². The lowest BCUT2D eigenvalue weighted by atomic mass is 9.91. The number of hydrogen-bond acceptors (Lipinski definition) is 3. The number of aryl methyl sites for hydroxylation is 1. The number of nitrogens with one attached hydrogen (secondary N) is 1. The maximum absolute atomic E-state index is 12.3. The zero-order valence-electron chi connectivity index (χ0n) is 11.7. The predicted octanol–water partition coefficient (Wildman–Crippen LogP) is 2.11. The first-order valence-corrected chi connectivity index (χ1v) is 6.71. The van der Waals surface area contributed by atoms with E-state index in [1.54, 1.807) is 18.5 Å². The Bertz CT molecular complexity index is 518. The Morgan fingerprint density at radius 3 is 2.90 bits per heavy atom. The van der Waals surface area contributed by atoms with Crippen LogP contribution in [-0.4, -0.2) is 39.6 Å².